The number of rotatable bonds is 1. The van der Waals surface area contributed by atoms with Crippen LogP contribution in [0, 0.1) is 36.5 Å². The van der Waals surface area contributed by atoms with Gasteiger partial charge in [0.15, 0.2) is 5.57 Å². The van der Waals surface area contributed by atoms with Crippen molar-refractivity contribution in [2.24, 2.45) is 7.05 Å². The number of nitrogens with zero attached hydrogens (tertiary/aromatic N) is 3. The Bertz CT molecular complexity index is 949. The van der Waals surface area contributed by atoms with Crippen LogP contribution < -0.4 is 14.8 Å². The summed E-state index contributed by atoms with van der Waals surface area (Å²) in [5.41, 5.74) is 2.92. The Morgan fingerprint density at radius 3 is 2.57 bits per heavy atom. The summed E-state index contributed by atoms with van der Waals surface area (Å²) >= 11 is 1.17. The van der Waals surface area contributed by atoms with Crippen molar-refractivity contribution in [3.05, 3.63) is 54.4 Å². The fraction of sp³-hybridized carbons (Fsp3) is 0.188. The van der Waals surface area contributed by atoms with Crippen LogP contribution in [0.15, 0.2) is 23.0 Å². The Morgan fingerprint density at radius 2 is 1.95 bits per heavy atom. The molecular weight excluding hydrogens is 282 g/mol. The topological polar surface area (TPSA) is 69.6 Å². The summed E-state index contributed by atoms with van der Waals surface area (Å²) in [4.78, 5) is 12.2. The molecule has 2 rings (SSSR count). The molecule has 2 aromatic rings. The lowest BCUT2D eigenvalue weighted by Crippen LogP contribution is -2.29. The van der Waals surface area contributed by atoms with Crippen molar-refractivity contribution in [3.63, 3.8) is 0 Å². The molecule has 1 heterocycles. The quantitative estimate of drug-likeness (QED) is 0.791. The van der Waals surface area contributed by atoms with E-state index < -0.39 is 0 Å². The lowest BCUT2D eigenvalue weighted by molar-refractivity contribution is 0.855. The van der Waals surface area contributed by atoms with Crippen LogP contribution in [0.25, 0.3) is 11.6 Å². The minimum absolute atomic E-state index is 0.0415. The molecule has 1 aromatic carbocycles. The van der Waals surface area contributed by atoms with E-state index in [4.69, 9.17) is 10.5 Å². The molecule has 0 radical (unpaired) electrons. The number of benzene rings is 1. The number of hydrogen-bond acceptors (Lipinski definition) is 4. The van der Waals surface area contributed by atoms with E-state index >= 15 is 0 Å². The average molecular weight is 295 g/mol. The molecule has 0 aliphatic rings. The number of thiazole rings is 1. The molecule has 0 aliphatic heterocycles. The van der Waals surface area contributed by atoms with Gasteiger partial charge in [0.1, 0.15) is 16.8 Å². The first kappa shape index (κ1) is 14.8. The summed E-state index contributed by atoms with van der Waals surface area (Å²) in [7, 11) is 1.57. The van der Waals surface area contributed by atoms with Crippen molar-refractivity contribution < 1.29 is 0 Å². The zero-order valence-corrected chi connectivity index (χ0v) is 12.8. The van der Waals surface area contributed by atoms with Crippen LogP contribution >= 0.6 is 11.3 Å². The SMILES string of the molecule is Cc1ccc(C)c(C=c2sc(=C(C#N)C#N)n(C)c2=O)c1. The van der Waals surface area contributed by atoms with Gasteiger partial charge < -0.3 is 4.57 Å². The van der Waals surface area contributed by atoms with Gasteiger partial charge in [0, 0.05) is 7.05 Å². The lowest BCUT2D eigenvalue weighted by Gasteiger charge is -2.00. The molecule has 0 aliphatic carbocycles. The second-order valence-corrected chi connectivity index (χ2v) is 5.77. The number of aromatic nitrogens is 1. The third-order valence-electron chi connectivity index (χ3n) is 3.19. The fourth-order valence-electron chi connectivity index (χ4n) is 1.96. The Kier molecular flexibility index (Phi) is 4.07. The zero-order chi connectivity index (χ0) is 15.6. The number of aryl methyl sites for hydroxylation is 2. The van der Waals surface area contributed by atoms with E-state index in [9.17, 15) is 4.79 Å². The predicted molar refractivity (Wildman–Crippen MR) is 82.9 cm³/mol. The Hall–Kier alpha value is -2.63. The minimum Gasteiger partial charge on any atom is -0.300 e. The van der Waals surface area contributed by atoms with Crippen LogP contribution in [0.5, 0.6) is 0 Å². The highest BCUT2D eigenvalue weighted by Crippen LogP contribution is 2.10. The summed E-state index contributed by atoms with van der Waals surface area (Å²) < 4.78 is 2.26. The van der Waals surface area contributed by atoms with Crippen LogP contribution in [0.3, 0.4) is 0 Å². The molecule has 0 atom stereocenters. The molecule has 4 nitrogen and oxygen atoms in total. The summed E-state index contributed by atoms with van der Waals surface area (Å²) in [5, 5.41) is 17.9. The second kappa shape index (κ2) is 5.78. The molecule has 0 amide bonds. The molecule has 1 aromatic heterocycles. The summed E-state index contributed by atoms with van der Waals surface area (Å²) in [6.45, 7) is 3.97. The van der Waals surface area contributed by atoms with Crippen LogP contribution in [0.1, 0.15) is 16.7 Å². The largest absolute Gasteiger partial charge is 0.300 e. The van der Waals surface area contributed by atoms with E-state index in [0.29, 0.717) is 9.20 Å². The second-order valence-electron chi connectivity index (χ2n) is 4.74. The molecule has 0 bridgehead atoms. The average Bonchev–Trinajstić information content (AvgIpc) is 2.73. The van der Waals surface area contributed by atoms with Gasteiger partial charge in [-0.25, -0.2) is 0 Å². The Balaban J connectivity index is 2.83. The standard InChI is InChI=1S/C16H13N3OS/c1-10-4-5-11(2)12(6-10)7-14-15(20)19(3)16(21-14)13(8-17)9-18/h4-7H,1-3H3. The van der Waals surface area contributed by atoms with Gasteiger partial charge in [-0.05, 0) is 31.1 Å². The molecule has 0 unspecified atom stereocenters. The predicted octanol–water partition coefficient (Wildman–Crippen LogP) is 1.09. The fourth-order valence-corrected chi connectivity index (χ4v) is 2.99. The van der Waals surface area contributed by atoms with E-state index in [1.54, 1.807) is 7.05 Å². The maximum absolute atomic E-state index is 12.2. The maximum Gasteiger partial charge on any atom is 0.268 e. The van der Waals surface area contributed by atoms with Crippen LogP contribution in [0.4, 0.5) is 0 Å². The van der Waals surface area contributed by atoms with Crippen molar-refractivity contribution in [1.29, 1.82) is 10.5 Å². The molecular formula is C16H13N3OS. The van der Waals surface area contributed by atoms with Crippen molar-refractivity contribution in [3.8, 4) is 12.1 Å². The Labute approximate surface area is 126 Å². The van der Waals surface area contributed by atoms with E-state index in [0.717, 1.165) is 16.7 Å². The van der Waals surface area contributed by atoms with Crippen LogP contribution in [-0.2, 0) is 7.05 Å². The summed E-state index contributed by atoms with van der Waals surface area (Å²) in [5.74, 6) is 0. The van der Waals surface area contributed by atoms with Crippen molar-refractivity contribution in [2.45, 2.75) is 13.8 Å². The smallest absolute Gasteiger partial charge is 0.268 e. The number of nitriles is 2. The molecule has 0 N–H and O–H groups in total. The van der Waals surface area contributed by atoms with Crippen molar-refractivity contribution in [2.75, 3.05) is 0 Å². The molecule has 21 heavy (non-hydrogen) atoms. The third kappa shape index (κ3) is 2.79. The van der Waals surface area contributed by atoms with E-state index in [-0.39, 0.29) is 11.1 Å². The molecule has 0 saturated heterocycles. The van der Waals surface area contributed by atoms with E-state index in [2.05, 4.69) is 0 Å². The lowest BCUT2D eigenvalue weighted by atomic mass is 10.1. The van der Waals surface area contributed by atoms with Gasteiger partial charge in [-0.15, -0.1) is 11.3 Å². The Morgan fingerprint density at radius 1 is 1.29 bits per heavy atom. The van der Waals surface area contributed by atoms with Crippen molar-refractivity contribution in [1.82, 2.24) is 4.57 Å². The van der Waals surface area contributed by atoms with Gasteiger partial charge in [0.25, 0.3) is 5.56 Å². The van der Waals surface area contributed by atoms with Gasteiger partial charge >= 0.3 is 0 Å². The monoisotopic (exact) mass is 295 g/mol. The first-order chi connectivity index (χ1) is 9.97. The van der Waals surface area contributed by atoms with Gasteiger partial charge in [0.05, 0.1) is 4.53 Å². The first-order valence-corrected chi connectivity index (χ1v) is 7.09. The molecule has 104 valence electrons. The third-order valence-corrected chi connectivity index (χ3v) is 4.37. The highest BCUT2D eigenvalue weighted by molar-refractivity contribution is 7.07. The highest BCUT2D eigenvalue weighted by Gasteiger charge is 2.06. The van der Waals surface area contributed by atoms with Gasteiger partial charge in [-0.2, -0.15) is 10.5 Å². The van der Waals surface area contributed by atoms with Crippen LogP contribution in [0.2, 0.25) is 0 Å². The normalized spacial score (nSPS) is 11.0. The maximum atomic E-state index is 12.2. The first-order valence-electron chi connectivity index (χ1n) is 6.27. The van der Waals surface area contributed by atoms with Crippen LogP contribution in [-0.4, -0.2) is 4.57 Å². The van der Waals surface area contributed by atoms with Gasteiger partial charge in [-0.1, -0.05) is 23.8 Å². The minimum atomic E-state index is -0.195. The zero-order valence-electron chi connectivity index (χ0n) is 12.0. The van der Waals surface area contributed by atoms with E-state index in [1.165, 1.54) is 15.9 Å². The summed E-state index contributed by atoms with van der Waals surface area (Å²) in [6, 6.07) is 9.68. The van der Waals surface area contributed by atoms with Gasteiger partial charge in [-0.3, -0.25) is 4.79 Å². The highest BCUT2D eigenvalue weighted by atomic mass is 32.1. The molecule has 0 saturated carbocycles. The summed E-state index contributed by atoms with van der Waals surface area (Å²) in [6.07, 6.45) is 1.81. The number of hydrogen-bond donors (Lipinski definition) is 0. The molecule has 5 heteroatoms. The molecule has 0 fully saturated rings. The van der Waals surface area contributed by atoms with E-state index in [1.807, 2.05) is 50.3 Å². The molecule has 0 spiro atoms. The van der Waals surface area contributed by atoms with Gasteiger partial charge in [0.2, 0.25) is 0 Å². The van der Waals surface area contributed by atoms with Crippen molar-refractivity contribution >= 4 is 23.0 Å².